The zero-order valence-corrected chi connectivity index (χ0v) is 16.6. The van der Waals surface area contributed by atoms with E-state index in [1.807, 2.05) is 0 Å². The molecule has 0 saturated carbocycles. The number of benzene rings is 3. The summed E-state index contributed by atoms with van der Waals surface area (Å²) in [5.41, 5.74) is 1.68. The molecule has 0 atom stereocenters. The van der Waals surface area contributed by atoms with Gasteiger partial charge in [0.2, 0.25) is 0 Å². The van der Waals surface area contributed by atoms with Crippen molar-refractivity contribution < 1.29 is 22.3 Å². The second kappa shape index (κ2) is 8.06. The summed E-state index contributed by atoms with van der Waals surface area (Å²) in [4.78, 5) is 26.2. The standard InChI is InChI=1S/C23H17NO5S/c25-22-20(18-12-6-2-7-13-18)21(19-14-8-3-9-15-19)23(26)24(22)29-30(27,28)16-17-10-4-1-5-11-17/h1-15H,16H2. The van der Waals surface area contributed by atoms with Crippen LogP contribution in [0.3, 0.4) is 0 Å². The predicted molar refractivity (Wildman–Crippen MR) is 112 cm³/mol. The third-order valence-electron chi connectivity index (χ3n) is 4.55. The number of carbonyl (C=O) groups is 2. The second-order valence-corrected chi connectivity index (χ2v) is 8.20. The molecular formula is C23H17NO5S. The highest BCUT2D eigenvalue weighted by Gasteiger charge is 2.43. The molecule has 0 fully saturated rings. The summed E-state index contributed by atoms with van der Waals surface area (Å²) in [6, 6.07) is 25.6. The van der Waals surface area contributed by atoms with Gasteiger partial charge in [0, 0.05) is 0 Å². The van der Waals surface area contributed by atoms with Crippen LogP contribution in [-0.4, -0.2) is 25.3 Å². The molecule has 0 spiro atoms. The van der Waals surface area contributed by atoms with Gasteiger partial charge in [0.15, 0.2) is 0 Å². The van der Waals surface area contributed by atoms with Gasteiger partial charge in [0.25, 0.3) is 21.9 Å². The van der Waals surface area contributed by atoms with Gasteiger partial charge in [-0.3, -0.25) is 9.59 Å². The number of carbonyl (C=O) groups excluding carboxylic acids is 2. The summed E-state index contributed by atoms with van der Waals surface area (Å²) in [6.07, 6.45) is 0. The molecule has 6 nitrogen and oxygen atoms in total. The number of hydrogen-bond acceptors (Lipinski definition) is 5. The normalized spacial score (nSPS) is 14.5. The molecule has 2 amide bonds. The molecule has 7 heteroatoms. The van der Waals surface area contributed by atoms with Crippen molar-refractivity contribution in [2.24, 2.45) is 0 Å². The molecule has 0 saturated heterocycles. The van der Waals surface area contributed by atoms with Crippen molar-refractivity contribution >= 4 is 33.1 Å². The average molecular weight is 419 g/mol. The molecule has 0 unspecified atom stereocenters. The van der Waals surface area contributed by atoms with Crippen molar-refractivity contribution in [3.63, 3.8) is 0 Å². The Hall–Kier alpha value is -3.55. The van der Waals surface area contributed by atoms with Crippen LogP contribution in [0.5, 0.6) is 0 Å². The molecule has 150 valence electrons. The Balaban J connectivity index is 1.71. The van der Waals surface area contributed by atoms with Crippen LogP contribution in [0.25, 0.3) is 11.1 Å². The maximum atomic E-state index is 13.1. The van der Waals surface area contributed by atoms with Crippen LogP contribution >= 0.6 is 0 Å². The van der Waals surface area contributed by atoms with Crippen LogP contribution in [0.15, 0.2) is 91.0 Å². The van der Waals surface area contributed by atoms with Gasteiger partial charge < -0.3 is 0 Å². The number of rotatable bonds is 6. The minimum atomic E-state index is -4.24. The highest BCUT2D eigenvalue weighted by atomic mass is 32.2. The van der Waals surface area contributed by atoms with Crippen LogP contribution in [-0.2, 0) is 29.7 Å². The molecule has 3 aromatic rings. The molecule has 3 aromatic carbocycles. The van der Waals surface area contributed by atoms with E-state index in [-0.39, 0.29) is 11.1 Å². The van der Waals surface area contributed by atoms with E-state index in [1.54, 1.807) is 91.0 Å². The first-order valence-electron chi connectivity index (χ1n) is 9.16. The van der Waals surface area contributed by atoms with Crippen molar-refractivity contribution in [1.29, 1.82) is 0 Å². The molecule has 0 N–H and O–H groups in total. The van der Waals surface area contributed by atoms with E-state index in [1.165, 1.54) is 0 Å². The molecule has 1 aliphatic rings. The van der Waals surface area contributed by atoms with Gasteiger partial charge in [-0.05, 0) is 16.7 Å². The smallest absolute Gasteiger partial charge is 0.266 e. The number of amides is 2. The average Bonchev–Trinajstić information content (AvgIpc) is 2.99. The van der Waals surface area contributed by atoms with Crippen molar-refractivity contribution in [3.05, 3.63) is 108 Å². The zero-order chi connectivity index (χ0) is 21.1. The lowest BCUT2D eigenvalue weighted by Gasteiger charge is -2.14. The molecule has 1 heterocycles. The Morgan fingerprint density at radius 2 is 1.03 bits per heavy atom. The van der Waals surface area contributed by atoms with Gasteiger partial charge in [0.1, 0.15) is 5.75 Å². The van der Waals surface area contributed by atoms with Gasteiger partial charge in [-0.1, -0.05) is 91.0 Å². The lowest BCUT2D eigenvalue weighted by molar-refractivity contribution is -0.160. The fourth-order valence-electron chi connectivity index (χ4n) is 3.24. The van der Waals surface area contributed by atoms with E-state index in [4.69, 9.17) is 4.28 Å². The van der Waals surface area contributed by atoms with Crippen LogP contribution < -0.4 is 0 Å². The van der Waals surface area contributed by atoms with Gasteiger partial charge in [-0.25, -0.2) is 0 Å². The van der Waals surface area contributed by atoms with Crippen molar-refractivity contribution in [1.82, 2.24) is 5.06 Å². The van der Waals surface area contributed by atoms with E-state index < -0.39 is 27.7 Å². The molecular weight excluding hydrogens is 402 g/mol. The number of nitrogens with zero attached hydrogens (tertiary/aromatic N) is 1. The fourth-order valence-corrected chi connectivity index (χ4v) is 4.26. The molecule has 0 radical (unpaired) electrons. The molecule has 30 heavy (non-hydrogen) atoms. The Bertz CT molecular complexity index is 1160. The Kier molecular flexibility index (Phi) is 5.31. The van der Waals surface area contributed by atoms with E-state index in [0.717, 1.165) is 0 Å². The maximum absolute atomic E-state index is 13.1. The third-order valence-corrected chi connectivity index (χ3v) is 5.61. The van der Waals surface area contributed by atoms with Crippen LogP contribution in [0.4, 0.5) is 0 Å². The summed E-state index contributed by atoms with van der Waals surface area (Å²) in [7, 11) is -4.24. The molecule has 0 aromatic heterocycles. The first-order chi connectivity index (χ1) is 14.5. The Morgan fingerprint density at radius 3 is 1.47 bits per heavy atom. The SMILES string of the molecule is O=C1C(c2ccccc2)=C(c2ccccc2)C(=O)N1OS(=O)(=O)Cc1ccccc1. The summed E-state index contributed by atoms with van der Waals surface area (Å²) < 4.78 is 30.1. The van der Waals surface area contributed by atoms with Crippen LogP contribution in [0, 0.1) is 0 Å². The van der Waals surface area contributed by atoms with Gasteiger partial charge in [-0.2, -0.15) is 8.42 Å². The molecule has 4 rings (SSSR count). The number of hydroxylamine groups is 2. The van der Waals surface area contributed by atoms with E-state index in [0.29, 0.717) is 21.8 Å². The van der Waals surface area contributed by atoms with E-state index in [9.17, 15) is 18.0 Å². The second-order valence-electron chi connectivity index (χ2n) is 6.65. The van der Waals surface area contributed by atoms with Gasteiger partial charge >= 0.3 is 0 Å². The summed E-state index contributed by atoms with van der Waals surface area (Å²) in [5, 5.41) is 0.336. The van der Waals surface area contributed by atoms with Crippen molar-refractivity contribution in [2.75, 3.05) is 0 Å². The van der Waals surface area contributed by atoms with E-state index in [2.05, 4.69) is 0 Å². The first-order valence-corrected chi connectivity index (χ1v) is 10.7. The van der Waals surface area contributed by atoms with Crippen molar-refractivity contribution in [3.8, 4) is 0 Å². The number of imide groups is 1. The van der Waals surface area contributed by atoms with Gasteiger partial charge in [-0.15, -0.1) is 9.35 Å². The van der Waals surface area contributed by atoms with E-state index >= 15 is 0 Å². The Morgan fingerprint density at radius 1 is 0.633 bits per heavy atom. The Labute approximate surface area is 174 Å². The summed E-state index contributed by atoms with van der Waals surface area (Å²) in [5.74, 6) is -2.10. The fraction of sp³-hybridized carbons (Fsp3) is 0.0435. The zero-order valence-electron chi connectivity index (χ0n) is 15.8. The maximum Gasteiger partial charge on any atom is 0.292 e. The van der Waals surface area contributed by atoms with Crippen LogP contribution in [0.1, 0.15) is 16.7 Å². The molecule has 1 aliphatic heterocycles. The quantitative estimate of drug-likeness (QED) is 0.572. The monoisotopic (exact) mass is 419 g/mol. The minimum absolute atomic E-state index is 0.0988. The largest absolute Gasteiger partial charge is 0.292 e. The minimum Gasteiger partial charge on any atom is -0.266 e. The topological polar surface area (TPSA) is 80.8 Å². The lowest BCUT2D eigenvalue weighted by atomic mass is 9.96. The number of hydrogen-bond donors (Lipinski definition) is 0. The first kappa shape index (κ1) is 19.8. The van der Waals surface area contributed by atoms with Gasteiger partial charge in [0.05, 0.1) is 11.1 Å². The summed E-state index contributed by atoms with van der Waals surface area (Å²) >= 11 is 0. The summed E-state index contributed by atoms with van der Waals surface area (Å²) in [6.45, 7) is 0. The van der Waals surface area contributed by atoms with Crippen LogP contribution in [0.2, 0.25) is 0 Å². The lowest BCUT2D eigenvalue weighted by Crippen LogP contribution is -2.34. The highest BCUT2D eigenvalue weighted by Crippen LogP contribution is 2.36. The molecule has 0 aliphatic carbocycles. The third kappa shape index (κ3) is 3.94. The van der Waals surface area contributed by atoms with Crippen molar-refractivity contribution in [2.45, 2.75) is 5.75 Å². The molecule has 0 bridgehead atoms. The highest BCUT2D eigenvalue weighted by molar-refractivity contribution is 7.85. The predicted octanol–water partition coefficient (Wildman–Crippen LogP) is 3.43.